The van der Waals surface area contributed by atoms with Crippen molar-refractivity contribution in [3.05, 3.63) is 54.1 Å². The van der Waals surface area contributed by atoms with E-state index >= 15 is 0 Å². The van der Waals surface area contributed by atoms with Crippen molar-refractivity contribution in [2.24, 2.45) is 0 Å². The maximum absolute atomic E-state index is 11.6. The van der Waals surface area contributed by atoms with Gasteiger partial charge in [-0.3, -0.25) is 0 Å². The van der Waals surface area contributed by atoms with E-state index in [0.29, 0.717) is 23.5 Å². The largest absolute Gasteiger partial charge is 1.00 e. The van der Waals surface area contributed by atoms with E-state index in [1.807, 2.05) is 18.2 Å². The Morgan fingerprint density at radius 2 is 1.60 bits per heavy atom. The Bertz CT molecular complexity index is 745. The van der Waals surface area contributed by atoms with Crippen molar-refractivity contribution < 1.29 is 47.3 Å². The van der Waals surface area contributed by atoms with Crippen molar-refractivity contribution in [2.45, 2.75) is 50.3 Å². The zero-order valence-electron chi connectivity index (χ0n) is 14.9. The van der Waals surface area contributed by atoms with Crippen LogP contribution in [0.1, 0.15) is 44.6 Å². The fourth-order valence-electron chi connectivity index (χ4n) is 2.58. The van der Waals surface area contributed by atoms with E-state index < -0.39 is 10.1 Å². The van der Waals surface area contributed by atoms with Crippen LogP contribution in [0, 0.1) is 0 Å². The predicted molar refractivity (Wildman–Crippen MR) is 93.4 cm³/mol. The summed E-state index contributed by atoms with van der Waals surface area (Å²) in [5.74, 6) is 0.949. The van der Waals surface area contributed by atoms with Crippen molar-refractivity contribution in [3.63, 3.8) is 0 Å². The van der Waals surface area contributed by atoms with E-state index in [2.05, 4.69) is 6.92 Å². The molecular formula is C19H23NaO4S. The average molecular weight is 370 g/mol. The topological polar surface area (TPSA) is 66.4 Å². The molecule has 0 spiro atoms. The van der Waals surface area contributed by atoms with Gasteiger partial charge < -0.3 is 9.29 Å². The van der Waals surface area contributed by atoms with Crippen molar-refractivity contribution in [2.75, 3.05) is 0 Å². The first-order valence-electron chi connectivity index (χ1n) is 8.32. The van der Waals surface area contributed by atoms with Crippen LogP contribution in [0.2, 0.25) is 0 Å². The summed E-state index contributed by atoms with van der Waals surface area (Å²) >= 11 is 0. The van der Waals surface area contributed by atoms with Gasteiger partial charge in [0.1, 0.15) is 21.6 Å². The Balaban J connectivity index is 0.00000312. The zero-order chi connectivity index (χ0) is 17.4. The molecular weight excluding hydrogens is 347 g/mol. The first-order valence-corrected chi connectivity index (χ1v) is 9.73. The van der Waals surface area contributed by atoms with Crippen LogP contribution in [-0.4, -0.2) is 13.0 Å². The molecule has 0 atom stereocenters. The number of para-hydroxylation sites is 1. The fraction of sp³-hybridized carbons (Fsp3) is 0.368. The second-order valence-corrected chi connectivity index (χ2v) is 7.15. The summed E-state index contributed by atoms with van der Waals surface area (Å²) in [6.07, 6.45) is 5.97. The van der Waals surface area contributed by atoms with E-state index in [1.165, 1.54) is 12.5 Å². The number of aryl methyl sites for hydroxylation is 1. The van der Waals surface area contributed by atoms with Crippen LogP contribution in [0.3, 0.4) is 0 Å². The van der Waals surface area contributed by atoms with E-state index in [4.69, 9.17) is 4.74 Å². The van der Waals surface area contributed by atoms with Crippen molar-refractivity contribution >= 4 is 10.1 Å². The Labute approximate surface area is 172 Å². The molecule has 2 aromatic carbocycles. The second kappa shape index (κ2) is 11.0. The minimum Gasteiger partial charge on any atom is -0.744 e. The number of rotatable bonds is 9. The van der Waals surface area contributed by atoms with Gasteiger partial charge in [-0.25, -0.2) is 8.42 Å². The summed E-state index contributed by atoms with van der Waals surface area (Å²) in [5.41, 5.74) is 0.571. The molecule has 6 heteroatoms. The molecule has 2 rings (SSSR count). The molecule has 0 heterocycles. The molecule has 0 saturated carbocycles. The van der Waals surface area contributed by atoms with Gasteiger partial charge in [0.25, 0.3) is 0 Å². The molecule has 130 valence electrons. The predicted octanol–water partition coefficient (Wildman–Crippen LogP) is 1.90. The van der Waals surface area contributed by atoms with Crippen LogP contribution in [0.5, 0.6) is 11.5 Å². The van der Waals surface area contributed by atoms with Gasteiger partial charge in [0.05, 0.1) is 4.90 Å². The molecule has 0 aliphatic carbocycles. The third-order valence-corrected chi connectivity index (χ3v) is 4.76. The molecule has 0 aliphatic rings. The van der Waals surface area contributed by atoms with E-state index in [0.717, 1.165) is 25.7 Å². The maximum Gasteiger partial charge on any atom is 1.00 e. The fourth-order valence-corrected chi connectivity index (χ4v) is 3.33. The van der Waals surface area contributed by atoms with Crippen molar-refractivity contribution in [1.29, 1.82) is 0 Å². The van der Waals surface area contributed by atoms with Crippen LogP contribution in [-0.2, 0) is 16.5 Å². The van der Waals surface area contributed by atoms with Crippen molar-refractivity contribution in [3.8, 4) is 11.5 Å². The first-order chi connectivity index (χ1) is 11.5. The minimum atomic E-state index is -4.53. The number of hydrogen-bond donors (Lipinski definition) is 0. The number of unbranched alkanes of at least 4 members (excludes halogenated alkanes) is 4. The smallest absolute Gasteiger partial charge is 0.744 e. The van der Waals surface area contributed by atoms with Gasteiger partial charge >= 0.3 is 29.6 Å². The zero-order valence-corrected chi connectivity index (χ0v) is 17.7. The third kappa shape index (κ3) is 7.50. The van der Waals surface area contributed by atoms with Crippen LogP contribution in [0.4, 0.5) is 0 Å². The molecule has 4 nitrogen and oxygen atoms in total. The number of benzene rings is 2. The van der Waals surface area contributed by atoms with Gasteiger partial charge in [0.2, 0.25) is 0 Å². The summed E-state index contributed by atoms with van der Waals surface area (Å²) in [4.78, 5) is -0.175. The van der Waals surface area contributed by atoms with E-state index in [-0.39, 0.29) is 34.5 Å². The standard InChI is InChI=1S/C19H24O4S.Na/c1-2-3-4-5-7-10-16-13-14-18(15-19(16)24(20,21)22)23-17-11-8-6-9-12-17;/h6,8-9,11-15H,2-5,7,10H2,1H3,(H,20,21,22);/q;+1/p-1. The summed E-state index contributed by atoms with van der Waals surface area (Å²) in [6, 6.07) is 13.8. The summed E-state index contributed by atoms with van der Waals surface area (Å²) in [5, 5.41) is 0. The monoisotopic (exact) mass is 370 g/mol. The van der Waals surface area contributed by atoms with Crippen LogP contribution in [0.15, 0.2) is 53.4 Å². The molecule has 0 radical (unpaired) electrons. The van der Waals surface area contributed by atoms with Gasteiger partial charge in [0, 0.05) is 0 Å². The molecule has 0 aromatic heterocycles. The first kappa shape index (κ1) is 22.2. The van der Waals surface area contributed by atoms with Crippen LogP contribution < -0.4 is 34.3 Å². The molecule has 0 N–H and O–H groups in total. The molecule has 0 aliphatic heterocycles. The SMILES string of the molecule is CCCCCCCc1ccc(Oc2ccccc2)cc1S(=O)(=O)[O-].[Na+]. The number of hydrogen-bond acceptors (Lipinski definition) is 4. The van der Waals surface area contributed by atoms with Gasteiger partial charge in [-0.15, -0.1) is 0 Å². The molecule has 0 unspecified atom stereocenters. The van der Waals surface area contributed by atoms with Gasteiger partial charge in [-0.2, -0.15) is 0 Å². The van der Waals surface area contributed by atoms with Crippen LogP contribution in [0.25, 0.3) is 0 Å². The Morgan fingerprint density at radius 1 is 0.920 bits per heavy atom. The Hall–Kier alpha value is -0.850. The van der Waals surface area contributed by atoms with Gasteiger partial charge in [-0.05, 0) is 42.7 Å². The molecule has 0 bridgehead atoms. The number of ether oxygens (including phenoxy) is 1. The van der Waals surface area contributed by atoms with E-state index in [9.17, 15) is 13.0 Å². The Kier molecular flexibility index (Phi) is 9.75. The second-order valence-electron chi connectivity index (χ2n) is 5.80. The van der Waals surface area contributed by atoms with Crippen LogP contribution >= 0.6 is 0 Å². The van der Waals surface area contributed by atoms with Crippen molar-refractivity contribution in [1.82, 2.24) is 0 Å². The molecule has 25 heavy (non-hydrogen) atoms. The summed E-state index contributed by atoms with van der Waals surface area (Å²) < 4.78 is 40.4. The van der Waals surface area contributed by atoms with Gasteiger partial charge in [0.15, 0.2) is 0 Å². The quantitative estimate of drug-likeness (QED) is 0.384. The Morgan fingerprint density at radius 3 is 2.24 bits per heavy atom. The maximum atomic E-state index is 11.6. The average Bonchev–Trinajstić information content (AvgIpc) is 2.56. The molecule has 0 amide bonds. The minimum absolute atomic E-state index is 0. The summed E-state index contributed by atoms with van der Waals surface area (Å²) in [6.45, 7) is 2.15. The molecule has 2 aromatic rings. The summed E-state index contributed by atoms with van der Waals surface area (Å²) in [7, 11) is -4.53. The van der Waals surface area contributed by atoms with Gasteiger partial charge in [-0.1, -0.05) is 56.9 Å². The van der Waals surface area contributed by atoms with E-state index in [1.54, 1.807) is 24.3 Å². The normalized spacial score (nSPS) is 11.0. The molecule has 0 saturated heterocycles. The third-order valence-electron chi connectivity index (χ3n) is 3.84. The molecule has 0 fully saturated rings.